The summed E-state index contributed by atoms with van der Waals surface area (Å²) < 4.78 is 27.5. The van der Waals surface area contributed by atoms with Crippen LogP contribution in [0.3, 0.4) is 0 Å². The summed E-state index contributed by atoms with van der Waals surface area (Å²) in [7, 11) is -2.37. The Labute approximate surface area is 179 Å². The molecule has 30 heavy (non-hydrogen) atoms. The Balaban J connectivity index is 1.80. The fourth-order valence-corrected chi connectivity index (χ4v) is 6.05. The molecule has 0 saturated carbocycles. The second kappa shape index (κ2) is 9.65. The predicted molar refractivity (Wildman–Crippen MR) is 113 cm³/mol. The van der Waals surface area contributed by atoms with Crippen molar-refractivity contribution in [2.24, 2.45) is 5.16 Å². The van der Waals surface area contributed by atoms with Crippen molar-refractivity contribution in [1.29, 1.82) is 0 Å². The first-order chi connectivity index (χ1) is 14.3. The van der Waals surface area contributed by atoms with Gasteiger partial charge in [-0.05, 0) is 49.4 Å². The quantitative estimate of drug-likeness (QED) is 0.491. The molecule has 11 heteroatoms. The van der Waals surface area contributed by atoms with E-state index in [1.807, 2.05) is 0 Å². The van der Waals surface area contributed by atoms with Crippen LogP contribution in [0.5, 0.6) is 0 Å². The largest absolute Gasteiger partial charge is 0.433 e. The van der Waals surface area contributed by atoms with Crippen molar-refractivity contribution in [3.8, 4) is 0 Å². The lowest BCUT2D eigenvalue weighted by Crippen LogP contribution is -2.32. The Bertz CT molecular complexity index is 1020. The number of pyridine rings is 1. The number of hydrogen-bond acceptors (Lipinski definition) is 8. The third-order valence-corrected chi connectivity index (χ3v) is 7.84. The molecule has 1 amide bonds. The summed E-state index contributed by atoms with van der Waals surface area (Å²) in [5.41, 5.74) is 1.83. The number of amides is 1. The van der Waals surface area contributed by atoms with Crippen LogP contribution >= 0.6 is 11.3 Å². The Morgan fingerprint density at radius 2 is 2.13 bits per heavy atom. The lowest BCUT2D eigenvalue weighted by molar-refractivity contribution is 0.151. The number of carbonyl (C=O) groups is 1. The molecule has 2 aromatic rings. The average Bonchev–Trinajstić information content (AvgIpc) is 3.18. The molecule has 9 nitrogen and oxygen atoms in total. The molecule has 2 aromatic heterocycles. The van der Waals surface area contributed by atoms with Gasteiger partial charge in [0.2, 0.25) is 10.0 Å². The predicted octanol–water partition coefficient (Wildman–Crippen LogP) is 2.28. The highest BCUT2D eigenvalue weighted by Gasteiger charge is 2.31. The zero-order valence-corrected chi connectivity index (χ0v) is 18.4. The van der Waals surface area contributed by atoms with Crippen LogP contribution in [0.4, 0.5) is 4.79 Å². The zero-order chi connectivity index (χ0) is 21.7. The number of nitrogens with one attached hydrogen (secondary N) is 1. The molecule has 0 spiro atoms. The zero-order valence-electron chi connectivity index (χ0n) is 16.7. The Kier molecular flexibility index (Phi) is 7.19. The molecule has 1 aliphatic rings. The maximum atomic E-state index is 13.2. The van der Waals surface area contributed by atoms with Crippen LogP contribution in [0.2, 0.25) is 0 Å². The first-order valence-corrected chi connectivity index (χ1v) is 11.8. The van der Waals surface area contributed by atoms with Crippen molar-refractivity contribution in [2.45, 2.75) is 37.2 Å². The molecule has 2 N–H and O–H groups in total. The van der Waals surface area contributed by atoms with E-state index in [1.165, 1.54) is 18.4 Å². The fraction of sp³-hybridized carbons (Fsp3) is 0.421. The van der Waals surface area contributed by atoms with Gasteiger partial charge < -0.3 is 10.4 Å². The number of aliphatic hydroxyl groups is 1. The topological polar surface area (TPSA) is 121 Å². The van der Waals surface area contributed by atoms with Crippen molar-refractivity contribution in [1.82, 2.24) is 14.6 Å². The Hall–Kier alpha value is -2.34. The van der Waals surface area contributed by atoms with Crippen molar-refractivity contribution >= 4 is 33.2 Å². The molecule has 0 saturated heterocycles. The molecule has 1 atom stereocenters. The van der Waals surface area contributed by atoms with E-state index in [2.05, 4.69) is 15.5 Å². The molecule has 1 unspecified atom stereocenters. The van der Waals surface area contributed by atoms with E-state index >= 15 is 0 Å². The number of carbonyl (C=O) groups excluding carboxylic acids is 1. The highest BCUT2D eigenvalue weighted by Crippen LogP contribution is 2.35. The van der Waals surface area contributed by atoms with E-state index in [0.29, 0.717) is 47.5 Å². The number of nitrogens with zero attached hydrogens (tertiary/aromatic N) is 3. The van der Waals surface area contributed by atoms with E-state index in [1.54, 1.807) is 36.8 Å². The van der Waals surface area contributed by atoms with Gasteiger partial charge in [0.05, 0.1) is 21.6 Å². The lowest BCUT2D eigenvalue weighted by atomic mass is 9.98. The van der Waals surface area contributed by atoms with Crippen molar-refractivity contribution < 1.29 is 23.2 Å². The number of aliphatic hydroxyl groups excluding tert-OH is 1. The smallest absolute Gasteiger partial charge is 0.387 e. The van der Waals surface area contributed by atoms with Gasteiger partial charge in [-0.2, -0.15) is 4.31 Å². The number of oxime groups is 1. The number of hydrogen-bond donors (Lipinski definition) is 2. The van der Waals surface area contributed by atoms with Gasteiger partial charge in [-0.15, -0.1) is 11.3 Å². The Morgan fingerprint density at radius 1 is 1.40 bits per heavy atom. The average molecular weight is 453 g/mol. The molecule has 162 valence electrons. The van der Waals surface area contributed by atoms with Crippen LogP contribution < -0.4 is 5.32 Å². The van der Waals surface area contributed by atoms with Crippen molar-refractivity contribution in [3.63, 3.8) is 0 Å². The summed E-state index contributed by atoms with van der Waals surface area (Å²) in [5.74, 6) is 0. The minimum absolute atomic E-state index is 0.0851. The highest BCUT2D eigenvalue weighted by atomic mass is 32.2. The van der Waals surface area contributed by atoms with E-state index < -0.39 is 22.2 Å². The second-order valence-electron chi connectivity index (χ2n) is 6.79. The lowest BCUT2D eigenvalue weighted by Gasteiger charge is -2.22. The third kappa shape index (κ3) is 4.86. The molecule has 0 aliphatic heterocycles. The van der Waals surface area contributed by atoms with E-state index in [0.717, 1.165) is 4.31 Å². The monoisotopic (exact) mass is 452 g/mol. The van der Waals surface area contributed by atoms with Crippen molar-refractivity contribution in [2.75, 3.05) is 20.1 Å². The van der Waals surface area contributed by atoms with Gasteiger partial charge in [-0.1, -0.05) is 5.16 Å². The summed E-state index contributed by atoms with van der Waals surface area (Å²) in [6.45, 7) is 2.11. The van der Waals surface area contributed by atoms with Gasteiger partial charge in [0.25, 0.3) is 0 Å². The minimum atomic E-state index is -3.81. The molecular formula is C19H24N4O5S2. The summed E-state index contributed by atoms with van der Waals surface area (Å²) in [5, 5.41) is 18.4. The molecule has 0 aromatic carbocycles. The molecule has 2 heterocycles. The molecule has 0 bridgehead atoms. The number of fused-ring (bicyclic) bond motifs is 1. The summed E-state index contributed by atoms with van der Waals surface area (Å²) in [6.07, 6.45) is 3.37. The SMILES string of the molecule is CCNC(=O)ON=C1CCCc2c(S(=O)(=O)N(C)CC(O)c3ccncc3)csc21. The van der Waals surface area contributed by atoms with E-state index in [4.69, 9.17) is 4.84 Å². The number of aromatic nitrogens is 1. The van der Waals surface area contributed by atoms with Gasteiger partial charge in [-0.3, -0.25) is 9.82 Å². The standard InChI is InChI=1S/C19H24N4O5S2/c1-3-21-19(25)28-22-15-6-4-5-14-17(12-29-18(14)15)30(26,27)23(2)11-16(24)13-7-9-20-10-8-13/h7-10,12,16,24H,3-6,11H2,1-2H3,(H,21,25). The van der Waals surface area contributed by atoms with Crippen LogP contribution in [0, 0.1) is 0 Å². The molecule has 1 aliphatic carbocycles. The highest BCUT2D eigenvalue weighted by molar-refractivity contribution is 7.89. The first kappa shape index (κ1) is 22.3. The second-order valence-corrected chi connectivity index (χ2v) is 9.68. The molecular weight excluding hydrogens is 428 g/mol. The normalized spacial score (nSPS) is 16.3. The van der Waals surface area contributed by atoms with Crippen LogP contribution in [0.1, 0.15) is 41.9 Å². The maximum Gasteiger partial charge on any atom is 0.433 e. The van der Waals surface area contributed by atoms with Crippen LogP contribution in [0.15, 0.2) is 40.0 Å². The van der Waals surface area contributed by atoms with Gasteiger partial charge in [-0.25, -0.2) is 13.2 Å². The summed E-state index contributed by atoms with van der Waals surface area (Å²) >= 11 is 1.27. The number of sulfonamides is 1. The van der Waals surface area contributed by atoms with Crippen molar-refractivity contribution in [3.05, 3.63) is 45.9 Å². The van der Waals surface area contributed by atoms with Crippen LogP contribution in [-0.2, 0) is 21.3 Å². The number of rotatable bonds is 7. The van der Waals surface area contributed by atoms with E-state index in [9.17, 15) is 18.3 Å². The minimum Gasteiger partial charge on any atom is -0.387 e. The third-order valence-electron chi connectivity index (χ3n) is 4.73. The van der Waals surface area contributed by atoms with Gasteiger partial charge in [0.15, 0.2) is 0 Å². The van der Waals surface area contributed by atoms with Gasteiger partial charge in [0.1, 0.15) is 0 Å². The number of likely N-dealkylation sites (N-methyl/N-ethyl adjacent to an activating group) is 1. The summed E-state index contributed by atoms with van der Waals surface area (Å²) in [6, 6.07) is 3.30. The van der Waals surface area contributed by atoms with Gasteiger partial charge >= 0.3 is 6.09 Å². The first-order valence-electron chi connectivity index (χ1n) is 9.51. The Morgan fingerprint density at radius 3 is 2.83 bits per heavy atom. The molecule has 0 fully saturated rings. The molecule has 3 rings (SSSR count). The van der Waals surface area contributed by atoms with Crippen LogP contribution in [-0.4, -0.2) is 54.8 Å². The van der Waals surface area contributed by atoms with E-state index in [-0.39, 0.29) is 11.4 Å². The summed E-state index contributed by atoms with van der Waals surface area (Å²) in [4.78, 5) is 21.2. The maximum absolute atomic E-state index is 13.2. The molecule has 0 radical (unpaired) electrons. The number of thiophene rings is 1. The fourth-order valence-electron chi connectivity index (χ4n) is 3.17. The van der Waals surface area contributed by atoms with Gasteiger partial charge in [0, 0.05) is 37.9 Å². The van der Waals surface area contributed by atoms with Crippen LogP contribution in [0.25, 0.3) is 0 Å².